The van der Waals surface area contributed by atoms with Gasteiger partial charge in [0.05, 0.1) is 24.8 Å². The molecule has 2 aliphatic heterocycles. The highest BCUT2D eigenvalue weighted by Gasteiger charge is 2.37. The van der Waals surface area contributed by atoms with E-state index in [0.717, 1.165) is 53.9 Å². The second-order valence-electron chi connectivity index (χ2n) is 9.73. The highest BCUT2D eigenvalue weighted by atomic mass is 16.5. The molecule has 2 atom stereocenters. The summed E-state index contributed by atoms with van der Waals surface area (Å²) in [6.07, 6.45) is 12.6. The number of fused-ring (bicyclic) bond motifs is 1. The SMILES string of the molecule is COc1cc(C=Cc2nc3n(n2)CCC[C@H]3C2CCCN2c2ccccc2)ccc1-n1cnc(C)c1. The Bertz CT molecular complexity index is 1370. The van der Waals surface area contributed by atoms with Gasteiger partial charge in [0.1, 0.15) is 11.6 Å². The fraction of sp³-hybridized carbons (Fsp3) is 0.345. The summed E-state index contributed by atoms with van der Waals surface area (Å²) in [6, 6.07) is 17.5. The highest BCUT2D eigenvalue weighted by molar-refractivity contribution is 5.69. The molecule has 1 saturated heterocycles. The van der Waals surface area contributed by atoms with Crippen molar-refractivity contribution in [1.82, 2.24) is 24.3 Å². The Morgan fingerprint density at radius 2 is 1.86 bits per heavy atom. The molecule has 2 aliphatic rings. The predicted octanol–water partition coefficient (Wildman–Crippen LogP) is 5.50. The number of methoxy groups -OCH3 is 1. The highest BCUT2D eigenvalue weighted by Crippen LogP contribution is 2.38. The van der Waals surface area contributed by atoms with E-state index in [1.54, 1.807) is 7.11 Å². The quantitative estimate of drug-likeness (QED) is 0.365. The maximum Gasteiger partial charge on any atom is 0.174 e. The lowest BCUT2D eigenvalue weighted by atomic mass is 9.89. The van der Waals surface area contributed by atoms with Crippen molar-refractivity contribution in [2.24, 2.45) is 0 Å². The molecule has 2 aromatic carbocycles. The molecular weight excluding hydrogens is 448 g/mol. The number of hydrogen-bond acceptors (Lipinski definition) is 5. The number of aromatic nitrogens is 5. The van der Waals surface area contributed by atoms with Gasteiger partial charge in [-0.05, 0) is 68.5 Å². The van der Waals surface area contributed by atoms with Crippen molar-refractivity contribution in [2.75, 3.05) is 18.6 Å². The third-order valence-electron chi connectivity index (χ3n) is 7.40. The minimum atomic E-state index is 0.411. The largest absolute Gasteiger partial charge is 0.495 e. The smallest absolute Gasteiger partial charge is 0.174 e. The van der Waals surface area contributed by atoms with Crippen molar-refractivity contribution < 1.29 is 4.74 Å². The zero-order valence-corrected chi connectivity index (χ0v) is 20.9. The van der Waals surface area contributed by atoms with Crippen LogP contribution in [0.5, 0.6) is 5.75 Å². The monoisotopic (exact) mass is 480 g/mol. The lowest BCUT2D eigenvalue weighted by Gasteiger charge is -2.34. The Morgan fingerprint density at radius 1 is 1.00 bits per heavy atom. The van der Waals surface area contributed by atoms with Gasteiger partial charge in [-0.15, -0.1) is 0 Å². The molecule has 2 aromatic heterocycles. The van der Waals surface area contributed by atoms with Gasteiger partial charge in [-0.25, -0.2) is 14.6 Å². The molecule has 0 amide bonds. The second kappa shape index (κ2) is 9.64. The van der Waals surface area contributed by atoms with Crippen LogP contribution in [0.2, 0.25) is 0 Å². The van der Waals surface area contributed by atoms with Crippen molar-refractivity contribution in [3.05, 3.63) is 84.0 Å². The number of imidazole rings is 1. The summed E-state index contributed by atoms with van der Waals surface area (Å²) >= 11 is 0. The molecule has 0 spiro atoms. The summed E-state index contributed by atoms with van der Waals surface area (Å²) in [5.41, 5.74) is 4.30. The lowest BCUT2D eigenvalue weighted by Crippen LogP contribution is -2.37. The molecule has 1 fully saturated rings. The van der Waals surface area contributed by atoms with Crippen LogP contribution in [-0.2, 0) is 6.54 Å². The second-order valence-corrected chi connectivity index (χ2v) is 9.73. The van der Waals surface area contributed by atoms with E-state index in [1.807, 2.05) is 36.2 Å². The number of anilines is 1. The molecule has 4 heterocycles. The molecule has 7 heteroatoms. The van der Waals surface area contributed by atoms with E-state index in [-0.39, 0.29) is 0 Å². The Balaban J connectivity index is 1.24. The average Bonchev–Trinajstić information content (AvgIpc) is 3.67. The molecule has 0 saturated carbocycles. The standard InChI is InChI=1S/C29H32N6O/c1-21-19-33(20-30-21)26-14-12-22(18-27(26)36-2)13-15-28-31-29-24(10-6-17-35(29)32-28)25-11-7-16-34(25)23-8-4-3-5-9-23/h3-5,8-9,12-15,18-20,24-25H,6-7,10-11,16-17H2,1-2H3/t24-,25?/m0/s1. The van der Waals surface area contributed by atoms with Crippen LogP contribution in [-0.4, -0.2) is 44.0 Å². The van der Waals surface area contributed by atoms with Gasteiger partial charge in [0.2, 0.25) is 0 Å². The summed E-state index contributed by atoms with van der Waals surface area (Å²) in [5, 5.41) is 4.85. The molecule has 0 aliphatic carbocycles. The maximum absolute atomic E-state index is 5.66. The van der Waals surface area contributed by atoms with Gasteiger partial charge in [0.25, 0.3) is 0 Å². The Morgan fingerprint density at radius 3 is 2.67 bits per heavy atom. The number of para-hydroxylation sites is 1. The van der Waals surface area contributed by atoms with Crippen molar-refractivity contribution in [1.29, 1.82) is 0 Å². The molecule has 4 aromatic rings. The van der Waals surface area contributed by atoms with Crippen LogP contribution in [0.4, 0.5) is 5.69 Å². The zero-order chi connectivity index (χ0) is 24.5. The minimum Gasteiger partial charge on any atom is -0.495 e. The molecule has 0 radical (unpaired) electrons. The van der Waals surface area contributed by atoms with Gasteiger partial charge >= 0.3 is 0 Å². The van der Waals surface area contributed by atoms with Crippen LogP contribution in [0.15, 0.2) is 61.1 Å². The van der Waals surface area contributed by atoms with E-state index >= 15 is 0 Å². The first-order valence-electron chi connectivity index (χ1n) is 12.8. The Labute approximate surface area is 212 Å². The van der Waals surface area contributed by atoms with Gasteiger partial charge in [0.15, 0.2) is 5.82 Å². The zero-order valence-electron chi connectivity index (χ0n) is 20.9. The first kappa shape index (κ1) is 22.6. The van der Waals surface area contributed by atoms with Crippen LogP contribution in [0.1, 0.15) is 54.5 Å². The summed E-state index contributed by atoms with van der Waals surface area (Å²) in [4.78, 5) is 11.9. The van der Waals surface area contributed by atoms with E-state index in [9.17, 15) is 0 Å². The van der Waals surface area contributed by atoms with Crippen LogP contribution in [0, 0.1) is 6.92 Å². The lowest BCUT2D eigenvalue weighted by molar-refractivity contribution is 0.371. The topological polar surface area (TPSA) is 61.0 Å². The maximum atomic E-state index is 5.66. The van der Waals surface area contributed by atoms with Crippen LogP contribution in [0.25, 0.3) is 17.8 Å². The summed E-state index contributed by atoms with van der Waals surface area (Å²) in [5.74, 6) is 3.12. The minimum absolute atomic E-state index is 0.411. The van der Waals surface area contributed by atoms with Crippen molar-refractivity contribution in [2.45, 2.75) is 51.1 Å². The van der Waals surface area contributed by atoms with Crippen molar-refractivity contribution in [3.63, 3.8) is 0 Å². The van der Waals surface area contributed by atoms with Gasteiger partial charge in [-0.3, -0.25) is 0 Å². The predicted molar refractivity (Wildman–Crippen MR) is 143 cm³/mol. The van der Waals surface area contributed by atoms with E-state index in [2.05, 4.69) is 63.1 Å². The van der Waals surface area contributed by atoms with E-state index in [0.29, 0.717) is 12.0 Å². The third-order valence-corrected chi connectivity index (χ3v) is 7.40. The van der Waals surface area contributed by atoms with Crippen LogP contribution >= 0.6 is 0 Å². The van der Waals surface area contributed by atoms with E-state index in [1.165, 1.54) is 24.9 Å². The molecule has 0 bridgehead atoms. The molecular formula is C29H32N6O. The van der Waals surface area contributed by atoms with Gasteiger partial charge in [-0.2, -0.15) is 5.10 Å². The molecule has 7 nitrogen and oxygen atoms in total. The Hall–Kier alpha value is -3.87. The Kier molecular flexibility index (Phi) is 6.05. The van der Waals surface area contributed by atoms with Gasteiger partial charge in [0, 0.05) is 36.9 Å². The van der Waals surface area contributed by atoms with Crippen LogP contribution < -0.4 is 9.64 Å². The fourth-order valence-corrected chi connectivity index (χ4v) is 5.72. The van der Waals surface area contributed by atoms with Gasteiger partial charge < -0.3 is 14.2 Å². The number of aryl methyl sites for hydroxylation is 2. The molecule has 1 unspecified atom stereocenters. The fourth-order valence-electron chi connectivity index (χ4n) is 5.72. The molecule has 0 N–H and O–H groups in total. The number of benzene rings is 2. The third kappa shape index (κ3) is 4.30. The summed E-state index contributed by atoms with van der Waals surface area (Å²) in [7, 11) is 1.70. The first-order valence-corrected chi connectivity index (χ1v) is 12.8. The van der Waals surface area contributed by atoms with Crippen molar-refractivity contribution in [3.8, 4) is 11.4 Å². The summed E-state index contributed by atoms with van der Waals surface area (Å²) < 4.78 is 9.78. The van der Waals surface area contributed by atoms with E-state index < -0.39 is 0 Å². The van der Waals surface area contributed by atoms with E-state index in [4.69, 9.17) is 14.8 Å². The number of rotatable bonds is 6. The number of hydrogen-bond donors (Lipinski definition) is 0. The molecule has 36 heavy (non-hydrogen) atoms. The normalized spacial score (nSPS) is 19.7. The molecule has 184 valence electrons. The van der Waals surface area contributed by atoms with Crippen LogP contribution in [0.3, 0.4) is 0 Å². The number of ether oxygens (including phenoxy) is 1. The first-order chi connectivity index (χ1) is 17.7. The van der Waals surface area contributed by atoms with Crippen molar-refractivity contribution >= 4 is 17.8 Å². The average molecular weight is 481 g/mol. The summed E-state index contributed by atoms with van der Waals surface area (Å²) in [6.45, 7) is 4.04. The van der Waals surface area contributed by atoms with Gasteiger partial charge in [-0.1, -0.05) is 30.3 Å². The number of nitrogens with zero attached hydrogens (tertiary/aromatic N) is 6. The molecule has 6 rings (SSSR count).